The topological polar surface area (TPSA) is 12.5 Å². The fraction of sp³-hybridized carbons (Fsp3) is 0. The van der Waals surface area contributed by atoms with Crippen LogP contribution in [0.1, 0.15) is 0 Å². The Bertz CT molecular complexity index is 2650. The van der Waals surface area contributed by atoms with Crippen molar-refractivity contribution < 1.29 is 4.74 Å². The third kappa shape index (κ3) is 6.25. The molecule has 1 aliphatic heterocycles. The molecule has 0 saturated heterocycles. The SMILES string of the molecule is c1ccc(-c2ccc(N(c3ccc(-c4ccccc4)cc3)c3ccc(-c4ccc5c(c4)[Si](c4ccccc4)(c4ccccc4)c4ccccc4O5)cc3)cc2)cc1. The van der Waals surface area contributed by atoms with E-state index in [4.69, 9.17) is 4.74 Å². The number of fused-ring (bicyclic) bond motifs is 2. The van der Waals surface area contributed by atoms with Gasteiger partial charge < -0.3 is 9.64 Å². The summed E-state index contributed by atoms with van der Waals surface area (Å²) in [6.45, 7) is 0. The van der Waals surface area contributed by atoms with Crippen molar-refractivity contribution in [2.45, 2.75) is 0 Å². The van der Waals surface area contributed by atoms with E-state index in [1.807, 2.05) is 0 Å². The van der Waals surface area contributed by atoms with Gasteiger partial charge in [-0.05, 0) is 103 Å². The van der Waals surface area contributed by atoms with Gasteiger partial charge in [-0.15, -0.1) is 0 Å². The Morgan fingerprint density at radius 1 is 0.281 bits per heavy atom. The Hall–Kier alpha value is -7.20. The average molecular weight is 746 g/mol. The Morgan fingerprint density at radius 2 is 0.632 bits per heavy atom. The number of nitrogens with zero attached hydrogens (tertiary/aromatic N) is 1. The van der Waals surface area contributed by atoms with Gasteiger partial charge in [-0.1, -0.05) is 188 Å². The van der Waals surface area contributed by atoms with Crippen molar-refractivity contribution in [1.82, 2.24) is 0 Å². The van der Waals surface area contributed by atoms with E-state index < -0.39 is 8.07 Å². The Balaban J connectivity index is 1.07. The largest absolute Gasteiger partial charge is 0.458 e. The fourth-order valence-corrected chi connectivity index (χ4v) is 13.5. The highest BCUT2D eigenvalue weighted by molar-refractivity contribution is 7.20. The highest BCUT2D eigenvalue weighted by atomic mass is 28.3. The summed E-state index contributed by atoms with van der Waals surface area (Å²) in [5.41, 5.74) is 10.4. The van der Waals surface area contributed by atoms with E-state index in [2.05, 4.69) is 241 Å². The van der Waals surface area contributed by atoms with Crippen LogP contribution in [0.2, 0.25) is 0 Å². The molecule has 0 saturated carbocycles. The summed E-state index contributed by atoms with van der Waals surface area (Å²) in [6.07, 6.45) is 0. The molecule has 9 aromatic carbocycles. The van der Waals surface area contributed by atoms with E-state index in [9.17, 15) is 0 Å². The maximum atomic E-state index is 6.72. The third-order valence-electron chi connectivity index (χ3n) is 11.2. The van der Waals surface area contributed by atoms with Crippen molar-refractivity contribution >= 4 is 45.9 Å². The van der Waals surface area contributed by atoms with E-state index in [-0.39, 0.29) is 0 Å². The van der Waals surface area contributed by atoms with E-state index in [1.165, 1.54) is 43.0 Å². The van der Waals surface area contributed by atoms with E-state index in [0.29, 0.717) is 0 Å². The minimum Gasteiger partial charge on any atom is -0.458 e. The van der Waals surface area contributed by atoms with Crippen LogP contribution in [0.4, 0.5) is 17.1 Å². The van der Waals surface area contributed by atoms with Crippen molar-refractivity contribution in [2.75, 3.05) is 4.90 Å². The van der Waals surface area contributed by atoms with Gasteiger partial charge in [0.15, 0.2) is 8.07 Å². The second kappa shape index (κ2) is 14.8. The van der Waals surface area contributed by atoms with Gasteiger partial charge in [-0.3, -0.25) is 0 Å². The predicted molar refractivity (Wildman–Crippen MR) is 241 cm³/mol. The molecule has 0 bridgehead atoms. The Morgan fingerprint density at radius 3 is 1.11 bits per heavy atom. The molecule has 0 spiro atoms. The van der Waals surface area contributed by atoms with Gasteiger partial charge in [0.25, 0.3) is 0 Å². The van der Waals surface area contributed by atoms with Gasteiger partial charge in [0.1, 0.15) is 11.5 Å². The van der Waals surface area contributed by atoms with Crippen LogP contribution >= 0.6 is 0 Å². The Kier molecular flexibility index (Phi) is 8.90. The van der Waals surface area contributed by atoms with E-state index in [1.54, 1.807) is 0 Å². The van der Waals surface area contributed by atoms with E-state index in [0.717, 1.165) is 39.7 Å². The standard InChI is InChI=1S/C54H39NOSi/c1-5-15-40(16-6-1)42-25-32-46(33-26-42)55(47-34-27-43(28-35-47)41-17-7-2-8-18-41)48-36-29-44(30-37-48)45-31-38-52-54(39-45)57(49-19-9-3-10-20-49,50-21-11-4-12-22-50)53-24-14-13-23-51(53)56-52/h1-39H. The van der Waals surface area contributed by atoms with Crippen LogP contribution in [0.5, 0.6) is 11.5 Å². The summed E-state index contributed by atoms with van der Waals surface area (Å²) >= 11 is 0. The van der Waals surface area contributed by atoms with Gasteiger partial charge in [0.2, 0.25) is 0 Å². The molecule has 270 valence electrons. The molecule has 1 aliphatic rings. The summed E-state index contributed by atoms with van der Waals surface area (Å²) in [6, 6.07) is 85.4. The van der Waals surface area contributed by atoms with Crippen molar-refractivity contribution in [3.8, 4) is 44.9 Å². The molecule has 0 aromatic heterocycles. The highest BCUT2D eigenvalue weighted by Gasteiger charge is 2.48. The normalized spacial score (nSPS) is 12.5. The van der Waals surface area contributed by atoms with Gasteiger partial charge in [-0.2, -0.15) is 0 Å². The van der Waals surface area contributed by atoms with Gasteiger partial charge >= 0.3 is 0 Å². The number of hydrogen-bond donors (Lipinski definition) is 0. The smallest absolute Gasteiger partial charge is 0.188 e. The second-order valence-electron chi connectivity index (χ2n) is 14.5. The third-order valence-corrected chi connectivity index (χ3v) is 16.1. The van der Waals surface area contributed by atoms with E-state index >= 15 is 0 Å². The number of rotatable bonds is 8. The predicted octanol–water partition coefficient (Wildman–Crippen LogP) is 11.6. The first-order valence-corrected chi connectivity index (χ1v) is 21.5. The first kappa shape index (κ1) is 34.3. The first-order chi connectivity index (χ1) is 28.3. The molecule has 9 aromatic rings. The monoisotopic (exact) mass is 745 g/mol. The lowest BCUT2D eigenvalue weighted by Gasteiger charge is -2.39. The van der Waals surface area contributed by atoms with Gasteiger partial charge in [0, 0.05) is 17.1 Å². The number of ether oxygens (including phenoxy) is 1. The lowest BCUT2D eigenvalue weighted by atomic mass is 10.0. The molecule has 0 amide bonds. The lowest BCUT2D eigenvalue weighted by Crippen LogP contribution is -2.76. The summed E-state index contributed by atoms with van der Waals surface area (Å²) in [5, 5.41) is 5.22. The maximum absolute atomic E-state index is 6.72. The van der Waals surface area contributed by atoms with Crippen molar-refractivity contribution in [2.24, 2.45) is 0 Å². The van der Waals surface area contributed by atoms with Gasteiger partial charge in [0.05, 0.1) is 0 Å². The van der Waals surface area contributed by atoms with Crippen molar-refractivity contribution in [1.29, 1.82) is 0 Å². The molecule has 0 aliphatic carbocycles. The molecular formula is C54H39NOSi. The molecule has 0 N–H and O–H groups in total. The molecule has 0 atom stereocenters. The molecule has 0 unspecified atom stereocenters. The average Bonchev–Trinajstić information content (AvgIpc) is 3.30. The van der Waals surface area contributed by atoms with Crippen LogP contribution in [-0.2, 0) is 0 Å². The number of hydrogen-bond acceptors (Lipinski definition) is 2. The highest BCUT2D eigenvalue weighted by Crippen LogP contribution is 2.38. The second-order valence-corrected chi connectivity index (χ2v) is 18.2. The molecule has 2 nitrogen and oxygen atoms in total. The molecule has 57 heavy (non-hydrogen) atoms. The zero-order valence-electron chi connectivity index (χ0n) is 31.4. The first-order valence-electron chi connectivity index (χ1n) is 19.5. The molecule has 1 heterocycles. The minimum atomic E-state index is -2.75. The summed E-state index contributed by atoms with van der Waals surface area (Å²) in [4.78, 5) is 2.34. The summed E-state index contributed by atoms with van der Waals surface area (Å²) in [7, 11) is -2.75. The van der Waals surface area contributed by atoms with Crippen LogP contribution in [0.15, 0.2) is 237 Å². The number of benzene rings is 9. The zero-order valence-corrected chi connectivity index (χ0v) is 32.4. The molecular weight excluding hydrogens is 707 g/mol. The fourth-order valence-electron chi connectivity index (χ4n) is 8.50. The zero-order chi connectivity index (χ0) is 38.0. The summed E-state index contributed by atoms with van der Waals surface area (Å²) < 4.78 is 6.72. The molecule has 3 heteroatoms. The molecule has 0 radical (unpaired) electrons. The lowest BCUT2D eigenvalue weighted by molar-refractivity contribution is 0.487. The van der Waals surface area contributed by atoms with Gasteiger partial charge in [-0.25, -0.2) is 0 Å². The van der Waals surface area contributed by atoms with Crippen LogP contribution < -0.4 is 30.4 Å². The summed E-state index contributed by atoms with van der Waals surface area (Å²) in [5.74, 6) is 1.87. The van der Waals surface area contributed by atoms with Crippen molar-refractivity contribution in [3.05, 3.63) is 237 Å². The number of para-hydroxylation sites is 1. The van der Waals surface area contributed by atoms with Crippen LogP contribution in [0.25, 0.3) is 33.4 Å². The van der Waals surface area contributed by atoms with Crippen LogP contribution in [0.3, 0.4) is 0 Å². The Labute approximate surface area is 335 Å². The van der Waals surface area contributed by atoms with Crippen LogP contribution in [-0.4, -0.2) is 8.07 Å². The molecule has 0 fully saturated rings. The quantitative estimate of drug-likeness (QED) is 0.144. The van der Waals surface area contributed by atoms with Crippen LogP contribution in [0, 0.1) is 0 Å². The minimum absolute atomic E-state index is 0.928. The maximum Gasteiger partial charge on any atom is 0.188 e. The van der Waals surface area contributed by atoms with Crippen molar-refractivity contribution in [3.63, 3.8) is 0 Å². The molecule has 10 rings (SSSR count). The number of anilines is 3.